The summed E-state index contributed by atoms with van der Waals surface area (Å²) in [5, 5.41) is 18.6. The molecule has 0 aliphatic carbocycles. The van der Waals surface area contributed by atoms with Gasteiger partial charge in [-0.25, -0.2) is 0 Å². The molecule has 0 saturated heterocycles. The number of carbonyl (C=O) groups is 2. The Morgan fingerprint density at radius 1 is 1.28 bits per heavy atom. The van der Waals surface area contributed by atoms with E-state index >= 15 is 0 Å². The van der Waals surface area contributed by atoms with Crippen molar-refractivity contribution in [2.75, 3.05) is 5.32 Å². The minimum Gasteiger partial charge on any atom is -0.467 e. The summed E-state index contributed by atoms with van der Waals surface area (Å²) < 4.78 is 6.79. The van der Waals surface area contributed by atoms with Crippen LogP contribution in [0.5, 0.6) is 0 Å². The number of anilines is 1. The molecule has 0 aliphatic rings. The molecule has 0 fully saturated rings. The number of rotatable bonds is 7. The molecule has 0 radical (unpaired) electrons. The summed E-state index contributed by atoms with van der Waals surface area (Å²) in [7, 11) is 0. The van der Waals surface area contributed by atoms with Gasteiger partial charge in [0.05, 0.1) is 29.1 Å². The fourth-order valence-corrected chi connectivity index (χ4v) is 3.38. The third-order valence-corrected chi connectivity index (χ3v) is 5.05. The molecule has 9 nitrogen and oxygen atoms in total. The lowest BCUT2D eigenvalue weighted by Gasteiger charge is -2.04. The molecule has 0 unspecified atom stereocenters. The normalized spacial score (nSPS) is 10.8. The molecule has 4 heterocycles. The zero-order valence-electron chi connectivity index (χ0n) is 15.5. The van der Waals surface area contributed by atoms with E-state index in [-0.39, 0.29) is 17.9 Å². The van der Waals surface area contributed by atoms with Crippen LogP contribution >= 0.6 is 11.3 Å². The van der Waals surface area contributed by atoms with Crippen molar-refractivity contribution in [1.82, 2.24) is 25.3 Å². The van der Waals surface area contributed by atoms with Crippen LogP contribution in [0.1, 0.15) is 33.7 Å². The highest BCUT2D eigenvalue weighted by molar-refractivity contribution is 7.13. The van der Waals surface area contributed by atoms with Crippen molar-refractivity contribution >= 4 is 28.8 Å². The quantitative estimate of drug-likeness (QED) is 0.433. The van der Waals surface area contributed by atoms with Crippen LogP contribution in [0.25, 0.3) is 10.6 Å². The van der Waals surface area contributed by atoms with Crippen molar-refractivity contribution in [3.05, 3.63) is 65.3 Å². The molecule has 0 spiro atoms. The van der Waals surface area contributed by atoms with Gasteiger partial charge < -0.3 is 15.1 Å². The molecule has 0 aromatic carbocycles. The number of carbonyl (C=O) groups excluding carboxylic acids is 2. The SMILES string of the molecule is CCn1cc(NC(=O)c2cc(-c3cccs3)[nH]n2)c(C(=O)NCc2ccco2)n1. The number of furan rings is 1. The molecule has 4 aromatic rings. The lowest BCUT2D eigenvalue weighted by atomic mass is 10.3. The van der Waals surface area contributed by atoms with Gasteiger partial charge in [-0.3, -0.25) is 19.4 Å². The van der Waals surface area contributed by atoms with Crippen LogP contribution in [0, 0.1) is 0 Å². The number of aromatic amines is 1. The lowest BCUT2D eigenvalue weighted by molar-refractivity contribution is 0.0943. The molecule has 3 N–H and O–H groups in total. The third kappa shape index (κ3) is 4.11. The van der Waals surface area contributed by atoms with Crippen LogP contribution in [0.15, 0.2) is 52.6 Å². The van der Waals surface area contributed by atoms with E-state index in [2.05, 4.69) is 25.9 Å². The molecule has 0 bridgehead atoms. The van der Waals surface area contributed by atoms with E-state index in [1.807, 2.05) is 24.4 Å². The standard InChI is InChI=1S/C19H18N6O3S/c1-2-25-11-15(17(24-25)19(27)20-10-12-5-3-7-28-12)21-18(26)14-9-13(22-23-14)16-6-4-8-29-16/h3-9,11H,2,10H2,1H3,(H,20,27)(H,21,26)(H,22,23). The van der Waals surface area contributed by atoms with Crippen molar-refractivity contribution in [2.24, 2.45) is 0 Å². The van der Waals surface area contributed by atoms with Gasteiger partial charge in [0.1, 0.15) is 5.76 Å². The van der Waals surface area contributed by atoms with Gasteiger partial charge >= 0.3 is 0 Å². The van der Waals surface area contributed by atoms with E-state index in [4.69, 9.17) is 4.42 Å². The average molecular weight is 410 g/mol. The molecule has 148 valence electrons. The van der Waals surface area contributed by atoms with Crippen molar-refractivity contribution in [1.29, 1.82) is 0 Å². The Morgan fingerprint density at radius 3 is 2.90 bits per heavy atom. The van der Waals surface area contributed by atoms with E-state index in [9.17, 15) is 9.59 Å². The fraction of sp³-hybridized carbons (Fsp3) is 0.158. The molecule has 2 amide bonds. The average Bonchev–Trinajstić information content (AvgIpc) is 3.52. The summed E-state index contributed by atoms with van der Waals surface area (Å²) >= 11 is 1.55. The second-order valence-electron chi connectivity index (χ2n) is 6.11. The zero-order valence-corrected chi connectivity index (χ0v) is 16.3. The van der Waals surface area contributed by atoms with E-state index < -0.39 is 11.8 Å². The molecular weight excluding hydrogens is 392 g/mol. The number of nitrogens with one attached hydrogen (secondary N) is 3. The topological polar surface area (TPSA) is 118 Å². The molecule has 29 heavy (non-hydrogen) atoms. The van der Waals surface area contributed by atoms with Gasteiger partial charge in [0.2, 0.25) is 0 Å². The summed E-state index contributed by atoms with van der Waals surface area (Å²) in [5.41, 5.74) is 1.42. The van der Waals surface area contributed by atoms with Gasteiger partial charge in [-0.1, -0.05) is 6.07 Å². The van der Waals surface area contributed by atoms with Gasteiger partial charge in [0.25, 0.3) is 11.8 Å². The number of hydrogen-bond acceptors (Lipinski definition) is 6. The summed E-state index contributed by atoms with van der Waals surface area (Å²) in [4.78, 5) is 26.2. The van der Waals surface area contributed by atoms with Crippen LogP contribution < -0.4 is 10.6 Å². The van der Waals surface area contributed by atoms with Crippen LogP contribution in [0.3, 0.4) is 0 Å². The highest BCUT2D eigenvalue weighted by atomic mass is 32.1. The number of nitrogens with zero attached hydrogens (tertiary/aromatic N) is 3. The highest BCUT2D eigenvalue weighted by Gasteiger charge is 2.20. The Hall–Kier alpha value is -3.66. The van der Waals surface area contributed by atoms with Crippen LogP contribution in [-0.4, -0.2) is 31.8 Å². The highest BCUT2D eigenvalue weighted by Crippen LogP contribution is 2.23. The first-order valence-corrected chi connectivity index (χ1v) is 9.80. The smallest absolute Gasteiger partial charge is 0.276 e. The maximum absolute atomic E-state index is 12.6. The van der Waals surface area contributed by atoms with Gasteiger partial charge in [-0.05, 0) is 36.6 Å². The maximum Gasteiger partial charge on any atom is 0.276 e. The molecule has 0 saturated carbocycles. The van der Waals surface area contributed by atoms with E-state index in [1.165, 1.54) is 6.26 Å². The van der Waals surface area contributed by atoms with Gasteiger partial charge in [-0.15, -0.1) is 11.3 Å². The Kier molecular flexibility index (Phi) is 5.25. The predicted octanol–water partition coefficient (Wildman–Crippen LogP) is 3.13. The summed E-state index contributed by atoms with van der Waals surface area (Å²) in [6.45, 7) is 2.67. The summed E-state index contributed by atoms with van der Waals surface area (Å²) in [5.74, 6) is -0.221. The lowest BCUT2D eigenvalue weighted by Crippen LogP contribution is -2.25. The van der Waals surface area contributed by atoms with Crippen molar-refractivity contribution in [2.45, 2.75) is 20.0 Å². The second kappa shape index (κ2) is 8.15. The number of aryl methyl sites for hydroxylation is 1. The summed E-state index contributed by atoms with van der Waals surface area (Å²) in [6.07, 6.45) is 3.15. The molecule has 0 aliphatic heterocycles. The Balaban J connectivity index is 1.49. The van der Waals surface area contributed by atoms with E-state index in [0.29, 0.717) is 18.0 Å². The number of H-pyrrole nitrogens is 1. The Bertz CT molecular complexity index is 1110. The molecular formula is C19H18N6O3S. The van der Waals surface area contributed by atoms with E-state index in [0.717, 1.165) is 10.6 Å². The van der Waals surface area contributed by atoms with Crippen molar-refractivity contribution in [3.8, 4) is 10.6 Å². The maximum atomic E-state index is 12.6. The van der Waals surface area contributed by atoms with Gasteiger partial charge in [-0.2, -0.15) is 10.2 Å². The molecule has 4 aromatic heterocycles. The van der Waals surface area contributed by atoms with Crippen LogP contribution in [-0.2, 0) is 13.1 Å². The summed E-state index contributed by atoms with van der Waals surface area (Å²) in [6, 6.07) is 9.03. The van der Waals surface area contributed by atoms with Crippen LogP contribution in [0.2, 0.25) is 0 Å². The van der Waals surface area contributed by atoms with Gasteiger partial charge in [0.15, 0.2) is 11.4 Å². The predicted molar refractivity (Wildman–Crippen MR) is 108 cm³/mol. The largest absolute Gasteiger partial charge is 0.467 e. The van der Waals surface area contributed by atoms with Crippen molar-refractivity contribution in [3.63, 3.8) is 0 Å². The molecule has 0 atom stereocenters. The fourth-order valence-electron chi connectivity index (χ4n) is 2.69. The second-order valence-corrected chi connectivity index (χ2v) is 7.06. The number of thiophene rings is 1. The first-order valence-electron chi connectivity index (χ1n) is 8.92. The Morgan fingerprint density at radius 2 is 2.17 bits per heavy atom. The minimum atomic E-state index is -0.431. The molecule has 4 rings (SSSR count). The first-order chi connectivity index (χ1) is 14.1. The monoisotopic (exact) mass is 410 g/mol. The minimum absolute atomic E-state index is 0.126. The first kappa shape index (κ1) is 18.7. The van der Waals surface area contributed by atoms with E-state index in [1.54, 1.807) is 40.4 Å². The Labute approximate surface area is 169 Å². The molecule has 10 heteroatoms. The number of aromatic nitrogens is 4. The van der Waals surface area contributed by atoms with Crippen LogP contribution in [0.4, 0.5) is 5.69 Å². The van der Waals surface area contributed by atoms with Gasteiger partial charge in [0, 0.05) is 12.7 Å². The zero-order chi connectivity index (χ0) is 20.2. The van der Waals surface area contributed by atoms with Crippen molar-refractivity contribution < 1.29 is 14.0 Å². The number of hydrogen-bond donors (Lipinski definition) is 3. The third-order valence-electron chi connectivity index (χ3n) is 4.15. The number of amides is 2.